The molecule has 2 aromatic rings. The molecule has 0 spiro atoms. The summed E-state index contributed by atoms with van der Waals surface area (Å²) in [4.78, 5) is 4.57. The van der Waals surface area contributed by atoms with E-state index in [0.29, 0.717) is 6.04 Å². The zero-order valence-corrected chi connectivity index (χ0v) is 12.7. The monoisotopic (exact) mass is 296 g/mol. The first-order valence-corrected chi connectivity index (χ1v) is 8.39. The highest BCUT2D eigenvalue weighted by atomic mass is 32.2. The second kappa shape index (κ2) is 7.03. The number of thioether (sulfide) groups is 1. The lowest BCUT2D eigenvalue weighted by molar-refractivity contribution is 0.590. The van der Waals surface area contributed by atoms with Crippen LogP contribution in [-0.4, -0.2) is 23.0 Å². The Morgan fingerprint density at radius 2 is 2.11 bits per heavy atom. The van der Waals surface area contributed by atoms with Crippen molar-refractivity contribution >= 4 is 23.1 Å². The van der Waals surface area contributed by atoms with E-state index in [1.165, 1.54) is 12.1 Å². The van der Waals surface area contributed by atoms with Gasteiger partial charge < -0.3 is 5.32 Å². The number of aromatic nitrogens is 1. The molecule has 0 radical (unpaired) electrons. The minimum Gasteiger partial charge on any atom is -0.308 e. The van der Waals surface area contributed by atoms with Crippen LogP contribution >= 0.6 is 23.1 Å². The first kappa shape index (κ1) is 14.5. The highest BCUT2D eigenvalue weighted by Crippen LogP contribution is 2.23. The first-order chi connectivity index (χ1) is 9.19. The molecule has 1 unspecified atom stereocenters. The molecule has 102 valence electrons. The zero-order valence-electron chi connectivity index (χ0n) is 11.0. The molecule has 1 atom stereocenters. The molecule has 0 saturated carbocycles. The maximum atomic E-state index is 12.9. The van der Waals surface area contributed by atoms with Crippen LogP contribution in [0.3, 0.4) is 0 Å². The van der Waals surface area contributed by atoms with E-state index < -0.39 is 0 Å². The molecule has 0 aliphatic carbocycles. The van der Waals surface area contributed by atoms with E-state index in [2.05, 4.69) is 28.9 Å². The summed E-state index contributed by atoms with van der Waals surface area (Å²) in [5.74, 6) is 0.877. The molecule has 1 N–H and O–H groups in total. The van der Waals surface area contributed by atoms with Crippen LogP contribution in [0.4, 0.5) is 4.39 Å². The van der Waals surface area contributed by atoms with Crippen LogP contribution in [-0.2, 0) is 6.54 Å². The van der Waals surface area contributed by atoms with Crippen LogP contribution in [0.15, 0.2) is 29.6 Å². The Kier molecular flexibility index (Phi) is 5.36. The number of benzene rings is 1. The van der Waals surface area contributed by atoms with Gasteiger partial charge in [-0.1, -0.05) is 0 Å². The molecule has 0 aliphatic rings. The fourth-order valence-corrected chi connectivity index (χ4v) is 3.14. The van der Waals surface area contributed by atoms with E-state index in [1.54, 1.807) is 23.5 Å². The lowest BCUT2D eigenvalue weighted by Crippen LogP contribution is -2.27. The fourth-order valence-electron chi connectivity index (χ4n) is 1.70. The Morgan fingerprint density at radius 1 is 1.37 bits per heavy atom. The van der Waals surface area contributed by atoms with Gasteiger partial charge in [-0.3, -0.25) is 0 Å². The minimum atomic E-state index is -0.215. The van der Waals surface area contributed by atoms with Crippen molar-refractivity contribution in [3.8, 4) is 10.6 Å². The first-order valence-electron chi connectivity index (χ1n) is 6.11. The summed E-state index contributed by atoms with van der Waals surface area (Å²) in [6.45, 7) is 2.95. The van der Waals surface area contributed by atoms with Crippen molar-refractivity contribution in [2.24, 2.45) is 0 Å². The van der Waals surface area contributed by atoms with Crippen molar-refractivity contribution in [3.63, 3.8) is 0 Å². The van der Waals surface area contributed by atoms with E-state index in [0.717, 1.165) is 28.6 Å². The van der Waals surface area contributed by atoms with Gasteiger partial charge in [0.05, 0.1) is 5.69 Å². The molecule has 2 nitrogen and oxygen atoms in total. The predicted molar refractivity (Wildman–Crippen MR) is 82.2 cm³/mol. The normalized spacial score (nSPS) is 12.6. The Hall–Kier alpha value is -0.910. The van der Waals surface area contributed by atoms with Crippen molar-refractivity contribution in [3.05, 3.63) is 41.2 Å². The lowest BCUT2D eigenvalue weighted by Gasteiger charge is -2.10. The average Bonchev–Trinajstić information content (AvgIpc) is 2.86. The fraction of sp³-hybridized carbons (Fsp3) is 0.357. The Balaban J connectivity index is 1.97. The van der Waals surface area contributed by atoms with Gasteiger partial charge in [0.25, 0.3) is 0 Å². The van der Waals surface area contributed by atoms with Crippen molar-refractivity contribution in [2.45, 2.75) is 19.5 Å². The molecule has 0 saturated heterocycles. The van der Waals surface area contributed by atoms with Crippen LogP contribution < -0.4 is 5.32 Å². The molecule has 1 aromatic heterocycles. The average molecular weight is 296 g/mol. The van der Waals surface area contributed by atoms with Gasteiger partial charge in [-0.05, 0) is 37.4 Å². The molecule has 5 heteroatoms. The highest BCUT2D eigenvalue weighted by molar-refractivity contribution is 7.98. The van der Waals surface area contributed by atoms with Crippen LogP contribution in [0.2, 0.25) is 0 Å². The molecule has 1 heterocycles. The van der Waals surface area contributed by atoms with Crippen molar-refractivity contribution < 1.29 is 4.39 Å². The molecule has 19 heavy (non-hydrogen) atoms. The quantitative estimate of drug-likeness (QED) is 0.878. The van der Waals surface area contributed by atoms with Crippen LogP contribution in [0.5, 0.6) is 0 Å². The third-order valence-electron chi connectivity index (χ3n) is 2.69. The summed E-state index contributed by atoms with van der Waals surface area (Å²) in [5, 5.41) is 6.43. The molecule has 0 aliphatic heterocycles. The second-order valence-electron chi connectivity index (χ2n) is 4.39. The number of hydrogen-bond acceptors (Lipinski definition) is 4. The van der Waals surface area contributed by atoms with E-state index >= 15 is 0 Å². The number of halogens is 1. The van der Waals surface area contributed by atoms with Gasteiger partial charge in [0, 0.05) is 29.3 Å². The maximum Gasteiger partial charge on any atom is 0.123 e. The number of nitrogens with zero attached hydrogens (tertiary/aromatic N) is 1. The smallest absolute Gasteiger partial charge is 0.123 e. The molecule has 0 bridgehead atoms. The molecule has 1 aromatic carbocycles. The Labute approximate surface area is 121 Å². The molecule has 0 amide bonds. The topological polar surface area (TPSA) is 24.9 Å². The van der Waals surface area contributed by atoms with E-state index in [9.17, 15) is 4.39 Å². The molecule has 2 rings (SSSR count). The summed E-state index contributed by atoms with van der Waals surface area (Å²) in [6, 6.07) is 6.94. The molecular weight excluding hydrogens is 279 g/mol. The number of nitrogens with one attached hydrogen (secondary N) is 1. The van der Waals surface area contributed by atoms with E-state index in [4.69, 9.17) is 0 Å². The highest BCUT2D eigenvalue weighted by Gasteiger charge is 2.06. The summed E-state index contributed by atoms with van der Waals surface area (Å²) >= 11 is 3.43. The number of thiazole rings is 1. The third kappa shape index (κ3) is 4.30. The van der Waals surface area contributed by atoms with Crippen molar-refractivity contribution in [1.82, 2.24) is 10.3 Å². The van der Waals surface area contributed by atoms with E-state index in [-0.39, 0.29) is 5.82 Å². The Bertz CT molecular complexity index is 510. The van der Waals surface area contributed by atoms with Crippen molar-refractivity contribution in [1.29, 1.82) is 0 Å². The van der Waals surface area contributed by atoms with Crippen LogP contribution in [0.25, 0.3) is 10.6 Å². The zero-order chi connectivity index (χ0) is 13.7. The van der Waals surface area contributed by atoms with Gasteiger partial charge in [0.15, 0.2) is 0 Å². The van der Waals surface area contributed by atoms with Crippen LogP contribution in [0.1, 0.15) is 12.6 Å². The summed E-state index contributed by atoms with van der Waals surface area (Å²) in [6.07, 6.45) is 2.10. The number of rotatable bonds is 6. The van der Waals surface area contributed by atoms with Gasteiger partial charge in [-0.25, -0.2) is 9.37 Å². The lowest BCUT2D eigenvalue weighted by atomic mass is 10.2. The standard InChI is InChI=1S/C14H17FN2S2/c1-10(8-18-2)16-7-13-9-19-14(17-13)11-3-5-12(15)6-4-11/h3-6,9-10,16H,7-8H2,1-2H3. The largest absolute Gasteiger partial charge is 0.308 e. The van der Waals surface area contributed by atoms with Gasteiger partial charge in [-0.15, -0.1) is 11.3 Å². The third-order valence-corrected chi connectivity index (χ3v) is 4.46. The summed E-state index contributed by atoms with van der Waals surface area (Å²) in [7, 11) is 0. The minimum absolute atomic E-state index is 0.215. The SMILES string of the molecule is CSCC(C)NCc1csc(-c2ccc(F)cc2)n1. The second-order valence-corrected chi connectivity index (χ2v) is 6.16. The maximum absolute atomic E-state index is 12.9. The van der Waals surface area contributed by atoms with Gasteiger partial charge >= 0.3 is 0 Å². The van der Waals surface area contributed by atoms with Gasteiger partial charge in [0.1, 0.15) is 10.8 Å². The molecular formula is C14H17FN2S2. The van der Waals surface area contributed by atoms with Crippen molar-refractivity contribution in [2.75, 3.05) is 12.0 Å². The number of hydrogen-bond donors (Lipinski definition) is 1. The van der Waals surface area contributed by atoms with Crippen LogP contribution in [0, 0.1) is 5.82 Å². The van der Waals surface area contributed by atoms with Gasteiger partial charge in [-0.2, -0.15) is 11.8 Å². The Morgan fingerprint density at radius 3 is 2.79 bits per heavy atom. The predicted octanol–water partition coefficient (Wildman–Crippen LogP) is 3.79. The van der Waals surface area contributed by atoms with E-state index in [1.807, 2.05) is 11.8 Å². The van der Waals surface area contributed by atoms with Gasteiger partial charge in [0.2, 0.25) is 0 Å². The molecule has 0 fully saturated rings. The summed E-state index contributed by atoms with van der Waals surface area (Å²) < 4.78 is 12.9. The summed E-state index contributed by atoms with van der Waals surface area (Å²) in [5.41, 5.74) is 2.01.